The molecule has 0 fully saturated rings. The molecule has 0 bridgehead atoms. The molecule has 4 aromatic heterocycles. The van der Waals surface area contributed by atoms with Gasteiger partial charge in [0, 0.05) is 89.3 Å². The van der Waals surface area contributed by atoms with E-state index >= 15 is 0 Å². The van der Waals surface area contributed by atoms with E-state index in [9.17, 15) is 10.5 Å². The Kier molecular flexibility index (Phi) is 8.65. The van der Waals surface area contributed by atoms with Crippen molar-refractivity contribution >= 4 is 127 Å². The monoisotopic (exact) mass is 931 g/mol. The van der Waals surface area contributed by atoms with Gasteiger partial charge in [0.2, 0.25) is 0 Å². The molecular weight excluding hydrogens is 895 g/mol. The van der Waals surface area contributed by atoms with Crippen LogP contribution in [0.1, 0.15) is 11.1 Å². The summed E-state index contributed by atoms with van der Waals surface area (Å²) in [4.78, 5) is 4.50. The van der Waals surface area contributed by atoms with E-state index in [4.69, 9.17) is 8.83 Å². The quantitative estimate of drug-likeness (QED) is 0.158. The number of nitrogens with zero attached hydrogens (tertiary/aromatic N) is 5. The Morgan fingerprint density at radius 1 is 0.329 bits per heavy atom. The van der Waals surface area contributed by atoms with Gasteiger partial charge in [-0.2, -0.15) is 10.5 Å². The van der Waals surface area contributed by atoms with Gasteiger partial charge in [-0.3, -0.25) is 0 Å². The molecule has 0 N–H and O–H groups in total. The van der Waals surface area contributed by atoms with Crippen molar-refractivity contribution in [3.63, 3.8) is 0 Å². The highest BCUT2D eigenvalue weighted by Gasteiger charge is 2.25. The number of hydrogen-bond donors (Lipinski definition) is 0. The molecule has 11 aromatic carbocycles. The Bertz CT molecular complexity index is 4820. The molecule has 0 unspecified atom stereocenters. The molecule has 7 heteroatoms. The maximum absolute atomic E-state index is 9.81. The zero-order valence-corrected chi connectivity index (χ0v) is 38.9. The summed E-state index contributed by atoms with van der Waals surface area (Å²) in [6.45, 7) is 0. The molecule has 73 heavy (non-hydrogen) atoms. The number of hydrogen-bond acceptors (Lipinski definition) is 6. The first-order chi connectivity index (χ1) is 36.1. The molecule has 0 saturated carbocycles. The topological polar surface area (TPSA) is 84.8 Å². The van der Waals surface area contributed by atoms with Gasteiger partial charge < -0.3 is 23.0 Å². The normalized spacial score (nSPS) is 11.8. The smallest absolute Gasteiger partial charge is 0.137 e. The zero-order valence-electron chi connectivity index (χ0n) is 38.9. The van der Waals surface area contributed by atoms with Crippen LogP contribution in [0.25, 0.3) is 104 Å². The van der Waals surface area contributed by atoms with E-state index < -0.39 is 0 Å². The van der Waals surface area contributed by atoms with E-state index in [0.717, 1.165) is 127 Å². The van der Waals surface area contributed by atoms with Crippen molar-refractivity contribution < 1.29 is 8.83 Å². The van der Waals surface area contributed by atoms with Crippen LogP contribution in [0.2, 0.25) is 0 Å². The van der Waals surface area contributed by atoms with Crippen LogP contribution in [0.3, 0.4) is 0 Å². The van der Waals surface area contributed by atoms with Gasteiger partial charge in [-0.05, 0) is 149 Å². The summed E-state index contributed by atoms with van der Waals surface area (Å²) in [5, 5.41) is 30.8. The Balaban J connectivity index is 0.979. The number of nitriles is 2. The maximum Gasteiger partial charge on any atom is 0.137 e. The summed E-state index contributed by atoms with van der Waals surface area (Å²) in [6, 6.07) is 82.6. The lowest BCUT2D eigenvalue weighted by Gasteiger charge is -2.26. The van der Waals surface area contributed by atoms with E-state index in [1.54, 1.807) is 0 Å². The van der Waals surface area contributed by atoms with Gasteiger partial charge in [0.1, 0.15) is 22.3 Å². The summed E-state index contributed by atoms with van der Waals surface area (Å²) in [5.41, 5.74) is 15.8. The Hall–Kier alpha value is -10.3. The first-order valence-electron chi connectivity index (χ1n) is 24.3. The number of fused-ring (bicyclic) bond motifs is 14. The third kappa shape index (κ3) is 6.17. The lowest BCUT2D eigenvalue weighted by molar-refractivity contribution is 0.668. The first-order valence-corrected chi connectivity index (χ1v) is 24.3. The molecule has 0 atom stereocenters. The number of anilines is 6. The van der Waals surface area contributed by atoms with E-state index in [1.165, 1.54) is 10.8 Å². The zero-order chi connectivity index (χ0) is 48.3. The molecular formula is C66H37N5O2. The molecule has 0 amide bonds. The number of benzene rings is 11. The largest absolute Gasteiger partial charge is 0.456 e. The number of furan rings is 2. The van der Waals surface area contributed by atoms with Gasteiger partial charge in [-0.1, -0.05) is 84.9 Å². The van der Waals surface area contributed by atoms with E-state index in [0.29, 0.717) is 11.1 Å². The molecule has 0 aliphatic carbocycles. The summed E-state index contributed by atoms with van der Waals surface area (Å²) in [5.74, 6) is 0. The molecule has 0 radical (unpaired) electrons. The van der Waals surface area contributed by atoms with Crippen LogP contribution in [-0.2, 0) is 0 Å². The van der Waals surface area contributed by atoms with Crippen molar-refractivity contribution in [2.75, 3.05) is 9.80 Å². The van der Waals surface area contributed by atoms with E-state index in [2.05, 4.69) is 166 Å². The van der Waals surface area contributed by atoms with Crippen molar-refractivity contribution in [3.05, 3.63) is 236 Å². The van der Waals surface area contributed by atoms with Crippen molar-refractivity contribution in [1.29, 1.82) is 10.5 Å². The SMILES string of the molecule is N#Cc1ccc(N(c2ccc3c(c2)oc2ccccc23)c2ccc3cc4c5ccc(N(c6ccc(C#N)cc6)c6ccc7c(c6)oc6ccccc67)cc5n5c6ccc(-c7ccccc7)cc6c(c3c2)c45)cc1. The number of aromatic nitrogens is 1. The highest BCUT2D eigenvalue weighted by molar-refractivity contribution is 6.32. The van der Waals surface area contributed by atoms with Crippen LogP contribution in [-0.4, -0.2) is 4.40 Å². The predicted octanol–water partition coefficient (Wildman–Crippen LogP) is 18.1. The van der Waals surface area contributed by atoms with E-state index in [-0.39, 0.29) is 0 Å². The van der Waals surface area contributed by atoms with Gasteiger partial charge in [0.25, 0.3) is 0 Å². The fourth-order valence-corrected chi connectivity index (χ4v) is 11.4. The Labute approximate surface area is 417 Å². The second-order valence-corrected chi connectivity index (χ2v) is 18.7. The van der Waals surface area contributed by atoms with E-state index in [1.807, 2.05) is 84.9 Å². The Morgan fingerprint density at radius 3 is 1.44 bits per heavy atom. The van der Waals surface area contributed by atoms with Gasteiger partial charge in [0.15, 0.2) is 0 Å². The summed E-state index contributed by atoms with van der Waals surface area (Å²) < 4.78 is 15.3. The molecule has 0 aliphatic rings. The van der Waals surface area contributed by atoms with Crippen LogP contribution in [0, 0.1) is 22.7 Å². The molecule has 15 aromatic rings. The van der Waals surface area contributed by atoms with Crippen LogP contribution in [0.4, 0.5) is 34.1 Å². The van der Waals surface area contributed by atoms with Crippen LogP contribution in [0.5, 0.6) is 0 Å². The molecule has 15 rings (SSSR count). The summed E-state index contributed by atoms with van der Waals surface area (Å²) >= 11 is 0. The molecule has 0 aliphatic heterocycles. The van der Waals surface area contributed by atoms with Gasteiger partial charge >= 0.3 is 0 Å². The van der Waals surface area contributed by atoms with Crippen molar-refractivity contribution in [2.45, 2.75) is 0 Å². The third-order valence-electron chi connectivity index (χ3n) is 14.7. The van der Waals surface area contributed by atoms with Crippen molar-refractivity contribution in [2.24, 2.45) is 0 Å². The summed E-state index contributed by atoms with van der Waals surface area (Å²) in [6.07, 6.45) is 0. The van der Waals surface area contributed by atoms with Crippen LogP contribution >= 0.6 is 0 Å². The second-order valence-electron chi connectivity index (χ2n) is 18.7. The Morgan fingerprint density at radius 2 is 0.836 bits per heavy atom. The average molecular weight is 932 g/mol. The fraction of sp³-hybridized carbons (Fsp3) is 0. The minimum atomic E-state index is 0.597. The van der Waals surface area contributed by atoms with Gasteiger partial charge in [-0.25, -0.2) is 0 Å². The van der Waals surface area contributed by atoms with Crippen LogP contribution < -0.4 is 9.80 Å². The average Bonchev–Trinajstić information content (AvgIpc) is 4.22. The minimum absolute atomic E-state index is 0.597. The lowest BCUT2D eigenvalue weighted by Crippen LogP contribution is -2.10. The van der Waals surface area contributed by atoms with Gasteiger partial charge in [0.05, 0.1) is 39.8 Å². The number of para-hydroxylation sites is 2. The van der Waals surface area contributed by atoms with Crippen molar-refractivity contribution in [3.8, 4) is 23.3 Å². The number of rotatable bonds is 7. The summed E-state index contributed by atoms with van der Waals surface area (Å²) in [7, 11) is 0. The molecule has 4 heterocycles. The highest BCUT2D eigenvalue weighted by Crippen LogP contribution is 2.48. The standard InChI is InChI=1S/C66H37N5O2/c67-38-40-14-20-45(21-15-40)69(49-26-29-54-52-10-4-6-12-61(52)72-63(54)36-49)47-24-18-44-33-57-51-28-25-48(35-60(51)71-59-31-19-43(42-8-2-1-3-9-42)32-58(59)65(66(57)71)56(44)34-47)70(46-22-16-41(39-68)17-23-46)50-27-30-55-53-11-5-7-13-62(53)73-64(55)37-50/h1-37H. The third-order valence-corrected chi connectivity index (χ3v) is 14.7. The maximum atomic E-state index is 9.81. The molecule has 0 saturated heterocycles. The van der Waals surface area contributed by atoms with Gasteiger partial charge in [-0.15, -0.1) is 0 Å². The van der Waals surface area contributed by atoms with Crippen molar-refractivity contribution in [1.82, 2.24) is 4.40 Å². The fourth-order valence-electron chi connectivity index (χ4n) is 11.4. The molecule has 0 spiro atoms. The first kappa shape index (κ1) is 40.5. The molecule has 338 valence electrons. The minimum Gasteiger partial charge on any atom is -0.456 e. The predicted molar refractivity (Wildman–Crippen MR) is 297 cm³/mol. The lowest BCUT2D eigenvalue weighted by atomic mass is 9.97. The highest BCUT2D eigenvalue weighted by atomic mass is 16.3. The second kappa shape index (κ2) is 15.6. The van der Waals surface area contributed by atoms with Crippen LogP contribution in [0.15, 0.2) is 233 Å². The molecule has 7 nitrogen and oxygen atoms in total.